The molecule has 2 aromatic carbocycles. The molecule has 0 aromatic heterocycles. The maximum absolute atomic E-state index is 12.0. The molecule has 2 aromatic rings. The molecule has 20 heavy (non-hydrogen) atoms. The summed E-state index contributed by atoms with van der Waals surface area (Å²) in [6, 6.07) is 11.7. The van der Waals surface area contributed by atoms with Gasteiger partial charge in [-0.1, -0.05) is 23.2 Å². The third-order valence-electron chi connectivity index (χ3n) is 2.46. The molecule has 0 unspecified atom stereocenters. The Bertz CT molecular complexity index is 681. The number of halogens is 2. The SMILES string of the molecule is N#CSc1ccc(NC(=O)c2ccc(Cl)c(Cl)c2)cc1. The van der Waals surface area contributed by atoms with Crippen LogP contribution in [-0.4, -0.2) is 5.91 Å². The highest BCUT2D eigenvalue weighted by Crippen LogP contribution is 2.23. The first-order chi connectivity index (χ1) is 9.60. The smallest absolute Gasteiger partial charge is 0.255 e. The van der Waals surface area contributed by atoms with Crippen molar-refractivity contribution < 1.29 is 4.79 Å². The van der Waals surface area contributed by atoms with Crippen molar-refractivity contribution in [1.29, 1.82) is 5.26 Å². The molecule has 0 aliphatic rings. The van der Waals surface area contributed by atoms with Crippen LogP contribution < -0.4 is 5.32 Å². The van der Waals surface area contributed by atoms with Gasteiger partial charge in [0.05, 0.1) is 10.0 Å². The number of benzene rings is 2. The fraction of sp³-hybridized carbons (Fsp3) is 0. The Morgan fingerprint density at radius 3 is 2.40 bits per heavy atom. The predicted molar refractivity (Wildman–Crippen MR) is 82.3 cm³/mol. The second-order valence-corrected chi connectivity index (χ2v) is 5.47. The topological polar surface area (TPSA) is 52.9 Å². The third kappa shape index (κ3) is 3.67. The van der Waals surface area contributed by atoms with Crippen molar-refractivity contribution in [2.45, 2.75) is 4.90 Å². The van der Waals surface area contributed by atoms with Crippen LogP contribution in [0.4, 0.5) is 5.69 Å². The number of anilines is 1. The van der Waals surface area contributed by atoms with Crippen LogP contribution in [0, 0.1) is 10.7 Å². The molecule has 0 heterocycles. The highest BCUT2D eigenvalue weighted by Gasteiger charge is 2.08. The van der Waals surface area contributed by atoms with E-state index in [1.807, 2.05) is 5.40 Å². The number of rotatable bonds is 3. The normalized spacial score (nSPS) is 9.85. The minimum absolute atomic E-state index is 0.274. The van der Waals surface area contributed by atoms with E-state index in [9.17, 15) is 4.79 Å². The number of nitrogens with one attached hydrogen (secondary N) is 1. The lowest BCUT2D eigenvalue weighted by atomic mass is 10.2. The zero-order valence-corrected chi connectivity index (χ0v) is 12.4. The standard InChI is InChI=1S/C14H8Cl2N2OS/c15-12-6-1-9(7-13(12)16)14(19)18-10-2-4-11(5-3-10)20-8-17/h1-7H,(H,18,19). The lowest BCUT2D eigenvalue weighted by Gasteiger charge is -2.06. The van der Waals surface area contributed by atoms with Crippen molar-refractivity contribution in [3.8, 4) is 5.40 Å². The monoisotopic (exact) mass is 322 g/mol. The predicted octanol–water partition coefficient (Wildman–Crippen LogP) is 4.82. The Hall–Kier alpha value is -1.67. The maximum Gasteiger partial charge on any atom is 0.255 e. The number of amides is 1. The second kappa shape index (κ2) is 6.67. The van der Waals surface area contributed by atoms with E-state index in [-0.39, 0.29) is 5.91 Å². The number of hydrogen-bond donors (Lipinski definition) is 1. The Kier molecular flexibility index (Phi) is 4.91. The number of nitriles is 1. The van der Waals surface area contributed by atoms with E-state index in [0.717, 1.165) is 16.7 Å². The molecular weight excluding hydrogens is 315 g/mol. The molecule has 0 atom stereocenters. The van der Waals surface area contributed by atoms with E-state index in [1.54, 1.807) is 36.4 Å². The van der Waals surface area contributed by atoms with Crippen LogP contribution in [0.15, 0.2) is 47.4 Å². The van der Waals surface area contributed by atoms with Crippen molar-refractivity contribution in [2.75, 3.05) is 5.32 Å². The van der Waals surface area contributed by atoms with Crippen molar-refractivity contribution in [3.63, 3.8) is 0 Å². The first kappa shape index (κ1) is 14.7. The van der Waals surface area contributed by atoms with Crippen molar-refractivity contribution in [2.24, 2.45) is 0 Å². The van der Waals surface area contributed by atoms with E-state index in [4.69, 9.17) is 28.5 Å². The van der Waals surface area contributed by atoms with Gasteiger partial charge in [-0.15, -0.1) is 0 Å². The largest absolute Gasteiger partial charge is 0.322 e. The van der Waals surface area contributed by atoms with E-state index in [2.05, 4.69) is 5.32 Å². The van der Waals surface area contributed by atoms with Gasteiger partial charge >= 0.3 is 0 Å². The summed E-state index contributed by atoms with van der Waals surface area (Å²) in [6.45, 7) is 0. The molecule has 0 saturated heterocycles. The number of hydrogen-bond acceptors (Lipinski definition) is 3. The quantitative estimate of drug-likeness (QED) is 0.651. The first-order valence-electron chi connectivity index (χ1n) is 5.52. The molecule has 0 bridgehead atoms. The number of thioether (sulfide) groups is 1. The Labute approximate surface area is 130 Å². The van der Waals surface area contributed by atoms with Crippen LogP contribution in [0.1, 0.15) is 10.4 Å². The summed E-state index contributed by atoms with van der Waals surface area (Å²) < 4.78 is 0. The number of nitrogens with zero attached hydrogens (tertiary/aromatic N) is 1. The fourth-order valence-corrected chi connectivity index (χ4v) is 2.18. The van der Waals surface area contributed by atoms with Gasteiger partial charge in [-0.25, -0.2) is 0 Å². The third-order valence-corrected chi connectivity index (χ3v) is 3.80. The van der Waals surface area contributed by atoms with Crippen LogP contribution >= 0.6 is 35.0 Å². The molecule has 0 spiro atoms. The highest BCUT2D eigenvalue weighted by molar-refractivity contribution is 8.03. The Morgan fingerprint density at radius 2 is 1.80 bits per heavy atom. The maximum atomic E-state index is 12.0. The molecule has 0 radical (unpaired) electrons. The fourth-order valence-electron chi connectivity index (χ4n) is 1.50. The van der Waals surface area contributed by atoms with Gasteiger partial charge in [0.2, 0.25) is 0 Å². The molecule has 100 valence electrons. The van der Waals surface area contributed by atoms with Crippen LogP contribution in [0.2, 0.25) is 10.0 Å². The average molecular weight is 323 g/mol. The summed E-state index contributed by atoms with van der Waals surface area (Å²) in [5, 5.41) is 14.0. The summed E-state index contributed by atoms with van der Waals surface area (Å²) >= 11 is 12.7. The minimum Gasteiger partial charge on any atom is -0.322 e. The van der Waals surface area contributed by atoms with Gasteiger partial charge in [-0.3, -0.25) is 4.79 Å². The molecule has 1 amide bonds. The van der Waals surface area contributed by atoms with E-state index >= 15 is 0 Å². The van der Waals surface area contributed by atoms with E-state index in [0.29, 0.717) is 21.3 Å². The molecule has 0 aliphatic carbocycles. The molecule has 0 saturated carbocycles. The lowest BCUT2D eigenvalue weighted by molar-refractivity contribution is 0.102. The van der Waals surface area contributed by atoms with E-state index < -0.39 is 0 Å². The van der Waals surface area contributed by atoms with Gasteiger partial charge in [-0.05, 0) is 54.2 Å². The van der Waals surface area contributed by atoms with Crippen LogP contribution in [-0.2, 0) is 0 Å². The number of thiocyanates is 1. The molecule has 3 nitrogen and oxygen atoms in total. The summed E-state index contributed by atoms with van der Waals surface area (Å²) in [5.41, 5.74) is 1.07. The average Bonchev–Trinajstić information content (AvgIpc) is 2.44. The van der Waals surface area contributed by atoms with Gasteiger partial charge < -0.3 is 5.32 Å². The van der Waals surface area contributed by atoms with Gasteiger partial charge in [0, 0.05) is 16.1 Å². The van der Waals surface area contributed by atoms with Crippen molar-refractivity contribution >= 4 is 46.6 Å². The Balaban J connectivity index is 2.11. The van der Waals surface area contributed by atoms with E-state index in [1.165, 1.54) is 6.07 Å². The van der Waals surface area contributed by atoms with Crippen molar-refractivity contribution in [3.05, 3.63) is 58.1 Å². The van der Waals surface area contributed by atoms with Gasteiger partial charge in [-0.2, -0.15) is 5.26 Å². The highest BCUT2D eigenvalue weighted by atomic mass is 35.5. The van der Waals surface area contributed by atoms with Gasteiger partial charge in [0.25, 0.3) is 5.91 Å². The van der Waals surface area contributed by atoms with Gasteiger partial charge in [0.1, 0.15) is 5.40 Å². The number of carbonyl (C=O) groups excluding carboxylic acids is 1. The number of carbonyl (C=O) groups is 1. The Morgan fingerprint density at radius 1 is 1.10 bits per heavy atom. The molecule has 0 aliphatic heterocycles. The van der Waals surface area contributed by atoms with Crippen LogP contribution in [0.5, 0.6) is 0 Å². The molecule has 6 heteroatoms. The van der Waals surface area contributed by atoms with Gasteiger partial charge in [0.15, 0.2) is 0 Å². The lowest BCUT2D eigenvalue weighted by Crippen LogP contribution is -2.11. The second-order valence-electron chi connectivity index (χ2n) is 3.80. The summed E-state index contributed by atoms with van der Waals surface area (Å²) in [7, 11) is 0. The molecule has 2 rings (SSSR count). The zero-order valence-electron chi connectivity index (χ0n) is 10.1. The summed E-state index contributed by atoms with van der Waals surface area (Å²) in [6.07, 6.45) is 0. The zero-order chi connectivity index (χ0) is 14.5. The van der Waals surface area contributed by atoms with Crippen molar-refractivity contribution in [1.82, 2.24) is 0 Å². The first-order valence-corrected chi connectivity index (χ1v) is 7.10. The molecule has 1 N–H and O–H groups in total. The molecule has 0 fully saturated rings. The summed E-state index contributed by atoms with van der Waals surface area (Å²) in [5.74, 6) is -0.274. The minimum atomic E-state index is -0.274. The van der Waals surface area contributed by atoms with Crippen LogP contribution in [0.25, 0.3) is 0 Å². The molecular formula is C14H8Cl2N2OS. The van der Waals surface area contributed by atoms with Crippen LogP contribution in [0.3, 0.4) is 0 Å². The summed E-state index contributed by atoms with van der Waals surface area (Å²) in [4.78, 5) is 12.8.